The van der Waals surface area contributed by atoms with Gasteiger partial charge in [-0.1, -0.05) is 23.7 Å². The molecule has 22 heavy (non-hydrogen) atoms. The number of hydrogen-bond acceptors (Lipinski definition) is 4. The third kappa shape index (κ3) is 4.61. The van der Waals surface area contributed by atoms with Gasteiger partial charge >= 0.3 is 6.09 Å². The molecular weight excluding hydrogens is 306 g/mol. The summed E-state index contributed by atoms with van der Waals surface area (Å²) in [6.07, 6.45) is -0.289. The molecule has 7 heteroatoms. The van der Waals surface area contributed by atoms with Crippen LogP contribution < -0.4 is 5.32 Å². The Morgan fingerprint density at radius 2 is 1.91 bits per heavy atom. The van der Waals surface area contributed by atoms with Crippen LogP contribution in [-0.2, 0) is 9.53 Å². The summed E-state index contributed by atoms with van der Waals surface area (Å²) >= 11 is 6.01. The monoisotopic (exact) mass is 325 g/mol. The first kappa shape index (κ1) is 16.6. The molecule has 120 valence electrons. The lowest BCUT2D eigenvalue weighted by Gasteiger charge is -2.33. The van der Waals surface area contributed by atoms with Crippen molar-refractivity contribution in [2.24, 2.45) is 0 Å². The van der Waals surface area contributed by atoms with Crippen molar-refractivity contribution < 1.29 is 14.3 Å². The summed E-state index contributed by atoms with van der Waals surface area (Å²) in [5, 5.41) is 3.31. The van der Waals surface area contributed by atoms with Crippen molar-refractivity contribution in [3.05, 3.63) is 29.3 Å². The van der Waals surface area contributed by atoms with E-state index in [0.29, 0.717) is 43.5 Å². The zero-order chi connectivity index (χ0) is 15.9. The van der Waals surface area contributed by atoms with Crippen molar-refractivity contribution in [3.8, 4) is 0 Å². The molecule has 1 fully saturated rings. The molecule has 1 saturated heterocycles. The molecule has 2 amide bonds. The number of piperazine rings is 1. The number of carbonyl (C=O) groups excluding carboxylic acids is 2. The van der Waals surface area contributed by atoms with E-state index in [9.17, 15) is 9.59 Å². The van der Waals surface area contributed by atoms with E-state index in [1.807, 2.05) is 17.0 Å². The van der Waals surface area contributed by atoms with Crippen LogP contribution in [0.15, 0.2) is 24.3 Å². The van der Waals surface area contributed by atoms with Gasteiger partial charge in [-0.2, -0.15) is 0 Å². The third-order valence-electron chi connectivity index (χ3n) is 3.41. The van der Waals surface area contributed by atoms with Gasteiger partial charge in [-0.3, -0.25) is 9.69 Å². The number of nitrogens with zero attached hydrogens (tertiary/aromatic N) is 2. The fourth-order valence-corrected chi connectivity index (χ4v) is 2.44. The first-order valence-corrected chi connectivity index (χ1v) is 7.66. The van der Waals surface area contributed by atoms with Gasteiger partial charge in [0.05, 0.1) is 23.9 Å². The molecule has 0 spiro atoms. The van der Waals surface area contributed by atoms with Crippen molar-refractivity contribution in [2.75, 3.05) is 44.6 Å². The number of anilines is 1. The van der Waals surface area contributed by atoms with Crippen LogP contribution in [0.4, 0.5) is 10.5 Å². The fourth-order valence-electron chi connectivity index (χ4n) is 2.26. The SMILES string of the molecule is CCOC(=O)N1CCN(CC(=O)Nc2ccccc2Cl)CC1. The van der Waals surface area contributed by atoms with Gasteiger partial charge in [0.15, 0.2) is 0 Å². The van der Waals surface area contributed by atoms with Crippen LogP contribution in [0.1, 0.15) is 6.92 Å². The van der Waals surface area contributed by atoms with Gasteiger partial charge in [0.2, 0.25) is 5.91 Å². The third-order valence-corrected chi connectivity index (χ3v) is 3.74. The second kappa shape index (κ2) is 8.00. The highest BCUT2D eigenvalue weighted by Crippen LogP contribution is 2.20. The standard InChI is InChI=1S/C15H20ClN3O3/c1-2-22-15(21)19-9-7-18(8-10-19)11-14(20)17-13-6-4-3-5-12(13)16/h3-6H,2,7-11H2,1H3,(H,17,20). The van der Waals surface area contributed by atoms with Crippen molar-refractivity contribution in [2.45, 2.75) is 6.92 Å². The Morgan fingerprint density at radius 3 is 2.55 bits per heavy atom. The summed E-state index contributed by atoms with van der Waals surface area (Å²) in [6, 6.07) is 7.13. The Balaban J connectivity index is 1.77. The molecule has 1 N–H and O–H groups in total. The molecule has 1 aromatic carbocycles. The average Bonchev–Trinajstić information content (AvgIpc) is 2.50. The Labute approximate surface area is 135 Å². The van der Waals surface area contributed by atoms with Gasteiger partial charge in [0, 0.05) is 26.2 Å². The second-order valence-corrected chi connectivity index (χ2v) is 5.40. The molecule has 1 aliphatic heterocycles. The van der Waals surface area contributed by atoms with Crippen LogP contribution in [0.5, 0.6) is 0 Å². The number of para-hydroxylation sites is 1. The lowest BCUT2D eigenvalue weighted by molar-refractivity contribution is -0.117. The van der Waals surface area contributed by atoms with Gasteiger partial charge in [-0.05, 0) is 19.1 Å². The topological polar surface area (TPSA) is 61.9 Å². The predicted octanol–water partition coefficient (Wildman–Crippen LogP) is 2.05. The first-order chi connectivity index (χ1) is 10.6. The number of hydrogen-bond donors (Lipinski definition) is 1. The number of benzene rings is 1. The molecule has 1 aromatic rings. The maximum Gasteiger partial charge on any atom is 0.409 e. The van der Waals surface area contributed by atoms with E-state index in [1.54, 1.807) is 24.0 Å². The minimum Gasteiger partial charge on any atom is -0.450 e. The highest BCUT2D eigenvalue weighted by molar-refractivity contribution is 6.33. The Kier molecular flexibility index (Phi) is 6.03. The van der Waals surface area contributed by atoms with Crippen LogP contribution >= 0.6 is 11.6 Å². The Hall–Kier alpha value is -1.79. The van der Waals surface area contributed by atoms with Gasteiger partial charge in [0.25, 0.3) is 0 Å². The van der Waals surface area contributed by atoms with E-state index in [4.69, 9.17) is 16.3 Å². The zero-order valence-electron chi connectivity index (χ0n) is 12.5. The minimum absolute atomic E-state index is 0.113. The number of nitrogens with one attached hydrogen (secondary N) is 1. The Morgan fingerprint density at radius 1 is 1.23 bits per heavy atom. The first-order valence-electron chi connectivity index (χ1n) is 7.28. The number of ether oxygens (including phenoxy) is 1. The summed E-state index contributed by atoms with van der Waals surface area (Å²) in [7, 11) is 0. The van der Waals surface area contributed by atoms with Crippen molar-refractivity contribution >= 4 is 29.3 Å². The van der Waals surface area contributed by atoms with Gasteiger partial charge < -0.3 is 15.0 Å². The average molecular weight is 326 g/mol. The lowest BCUT2D eigenvalue weighted by Crippen LogP contribution is -2.50. The van der Waals surface area contributed by atoms with E-state index in [-0.39, 0.29) is 18.5 Å². The molecule has 0 atom stereocenters. The molecule has 0 radical (unpaired) electrons. The predicted molar refractivity (Wildman–Crippen MR) is 85.1 cm³/mol. The highest BCUT2D eigenvalue weighted by atomic mass is 35.5. The van der Waals surface area contributed by atoms with Gasteiger partial charge in [0.1, 0.15) is 0 Å². The number of rotatable bonds is 4. The van der Waals surface area contributed by atoms with Crippen molar-refractivity contribution in [1.82, 2.24) is 9.80 Å². The largest absolute Gasteiger partial charge is 0.450 e. The Bertz CT molecular complexity index is 531. The van der Waals surface area contributed by atoms with E-state index in [1.165, 1.54) is 0 Å². The van der Waals surface area contributed by atoms with Crippen molar-refractivity contribution in [3.63, 3.8) is 0 Å². The summed E-state index contributed by atoms with van der Waals surface area (Å²) in [4.78, 5) is 27.3. The zero-order valence-corrected chi connectivity index (χ0v) is 13.3. The van der Waals surface area contributed by atoms with Crippen LogP contribution in [-0.4, -0.2) is 61.1 Å². The van der Waals surface area contributed by atoms with E-state index < -0.39 is 0 Å². The molecule has 0 unspecified atom stereocenters. The molecular formula is C15H20ClN3O3. The summed E-state index contributed by atoms with van der Waals surface area (Å²) in [5.41, 5.74) is 0.610. The molecule has 0 aromatic heterocycles. The minimum atomic E-state index is -0.289. The van der Waals surface area contributed by atoms with Crippen LogP contribution in [0.3, 0.4) is 0 Å². The molecule has 1 heterocycles. The number of amides is 2. The van der Waals surface area contributed by atoms with E-state index in [2.05, 4.69) is 5.32 Å². The van der Waals surface area contributed by atoms with Crippen molar-refractivity contribution in [1.29, 1.82) is 0 Å². The smallest absolute Gasteiger partial charge is 0.409 e. The second-order valence-electron chi connectivity index (χ2n) is 4.99. The maximum atomic E-state index is 12.0. The number of halogens is 1. The van der Waals surface area contributed by atoms with Crippen LogP contribution in [0, 0.1) is 0 Å². The molecule has 0 saturated carbocycles. The highest BCUT2D eigenvalue weighted by Gasteiger charge is 2.23. The molecule has 6 nitrogen and oxygen atoms in total. The molecule has 2 rings (SSSR count). The van der Waals surface area contributed by atoms with E-state index in [0.717, 1.165) is 0 Å². The van der Waals surface area contributed by atoms with E-state index >= 15 is 0 Å². The van der Waals surface area contributed by atoms with Gasteiger partial charge in [-0.15, -0.1) is 0 Å². The quantitative estimate of drug-likeness (QED) is 0.920. The number of carbonyl (C=O) groups is 2. The van der Waals surface area contributed by atoms with Crippen LogP contribution in [0.25, 0.3) is 0 Å². The van der Waals surface area contributed by atoms with Gasteiger partial charge in [-0.25, -0.2) is 4.79 Å². The lowest BCUT2D eigenvalue weighted by atomic mass is 10.3. The fraction of sp³-hybridized carbons (Fsp3) is 0.467. The molecule has 1 aliphatic rings. The molecule has 0 bridgehead atoms. The summed E-state index contributed by atoms with van der Waals surface area (Å²) in [5.74, 6) is -0.113. The maximum absolute atomic E-state index is 12.0. The summed E-state index contributed by atoms with van der Waals surface area (Å²) in [6.45, 7) is 4.87. The normalized spacial score (nSPS) is 15.5. The van der Waals surface area contributed by atoms with Crippen LogP contribution in [0.2, 0.25) is 5.02 Å². The summed E-state index contributed by atoms with van der Waals surface area (Å²) < 4.78 is 4.96. The molecule has 0 aliphatic carbocycles.